The van der Waals surface area contributed by atoms with Crippen LogP contribution in [-0.4, -0.2) is 6.54 Å². The smallest absolute Gasteiger partial charge is 1.00 e. The van der Waals surface area contributed by atoms with E-state index in [-0.39, 0.29) is 31.0 Å². The van der Waals surface area contributed by atoms with Gasteiger partial charge in [-0.25, -0.2) is 0 Å². The molecule has 0 aliphatic heterocycles. The van der Waals surface area contributed by atoms with E-state index in [1.165, 1.54) is 0 Å². The third kappa shape index (κ3) is 8.87. The van der Waals surface area contributed by atoms with Gasteiger partial charge in [-0.1, -0.05) is 6.92 Å². The summed E-state index contributed by atoms with van der Waals surface area (Å²) in [4.78, 5) is 0. The van der Waals surface area contributed by atoms with Crippen molar-refractivity contribution in [2.45, 2.75) is 13.3 Å². The molecule has 0 aromatic rings. The average Bonchev–Trinajstić information content (AvgIpc) is 1.41. The molecule has 0 fully saturated rings. The van der Waals surface area contributed by atoms with Crippen LogP contribution in [0.4, 0.5) is 0 Å². The fraction of sp³-hybridized carbons (Fsp3) is 1.00. The van der Waals surface area contributed by atoms with Gasteiger partial charge >= 0.3 is 29.6 Å². The van der Waals surface area contributed by atoms with Crippen LogP contribution in [0.1, 0.15) is 14.8 Å². The third-order valence-corrected chi connectivity index (χ3v) is 0.394. The van der Waals surface area contributed by atoms with Gasteiger partial charge in [0.15, 0.2) is 0 Å². The van der Waals surface area contributed by atoms with Gasteiger partial charge in [-0.15, -0.1) is 0 Å². The average molecular weight is 98.1 g/mol. The fourth-order valence-electron chi connectivity index (χ4n) is 0.144. The van der Waals surface area contributed by atoms with E-state index in [0.29, 0.717) is 0 Å². The van der Waals surface area contributed by atoms with Crippen molar-refractivity contribution in [3.05, 3.63) is 0 Å². The van der Waals surface area contributed by atoms with Crippen molar-refractivity contribution in [2.75, 3.05) is 6.54 Å². The molecule has 0 aliphatic carbocycles. The van der Waals surface area contributed by atoms with E-state index in [2.05, 4.69) is 12.3 Å². The molecule has 0 radical (unpaired) electrons. The summed E-state index contributed by atoms with van der Waals surface area (Å²) < 4.78 is 0. The van der Waals surface area contributed by atoms with Crippen molar-refractivity contribution >= 4 is 0 Å². The Hall–Kier alpha value is 0.920. The maximum atomic E-state index is 4.89. The molecule has 6 heavy (non-hydrogen) atoms. The maximum Gasteiger partial charge on any atom is 1.00 e. The Morgan fingerprint density at radius 3 is 2.33 bits per heavy atom. The fourth-order valence-corrected chi connectivity index (χ4v) is 0.144. The first-order chi connectivity index (χ1) is 2.41. The van der Waals surface area contributed by atoms with Gasteiger partial charge in [0.2, 0.25) is 0 Å². The predicted octanol–water partition coefficient (Wildman–Crippen LogP) is -3.02. The zero-order valence-corrected chi connectivity index (χ0v) is 6.49. The van der Waals surface area contributed by atoms with Gasteiger partial charge in [-0.2, -0.15) is 0 Å². The monoisotopic (exact) mass is 98.1 g/mol. The number of nitrogens with two attached hydrogens (primary N) is 1. The SMILES string of the molecule is CCCNN.[H-].[Na+]. The third-order valence-electron chi connectivity index (χ3n) is 0.394. The molecule has 0 aromatic heterocycles. The Bertz CT molecular complexity index is 20.4. The predicted molar refractivity (Wildman–Crippen MR) is 23.6 cm³/mol. The van der Waals surface area contributed by atoms with Crippen molar-refractivity contribution in [1.82, 2.24) is 5.43 Å². The summed E-state index contributed by atoms with van der Waals surface area (Å²) in [6, 6.07) is 0. The maximum absolute atomic E-state index is 4.89. The van der Waals surface area contributed by atoms with E-state index in [0.717, 1.165) is 13.0 Å². The van der Waals surface area contributed by atoms with Crippen LogP contribution < -0.4 is 40.8 Å². The summed E-state index contributed by atoms with van der Waals surface area (Å²) in [5, 5.41) is 0. The summed E-state index contributed by atoms with van der Waals surface area (Å²) in [6.07, 6.45) is 1.11. The molecule has 0 aliphatic rings. The van der Waals surface area contributed by atoms with Gasteiger partial charge < -0.3 is 1.43 Å². The molecule has 0 aromatic carbocycles. The van der Waals surface area contributed by atoms with E-state index in [1.54, 1.807) is 0 Å². The van der Waals surface area contributed by atoms with Crippen molar-refractivity contribution in [1.29, 1.82) is 0 Å². The first kappa shape index (κ1) is 10.0. The first-order valence-corrected chi connectivity index (χ1v) is 1.85. The summed E-state index contributed by atoms with van der Waals surface area (Å²) in [5.74, 6) is 4.89. The molecule has 0 rings (SSSR count). The second-order valence-electron chi connectivity index (χ2n) is 0.954. The van der Waals surface area contributed by atoms with Crippen LogP contribution in [0.15, 0.2) is 0 Å². The standard InChI is InChI=1S/C3H10N2.Na.H/c1-2-3-5-4;;/h5H,2-4H2,1H3;;/q;+1;-1. The van der Waals surface area contributed by atoms with Crippen LogP contribution in [0.3, 0.4) is 0 Å². The van der Waals surface area contributed by atoms with E-state index in [4.69, 9.17) is 5.84 Å². The summed E-state index contributed by atoms with van der Waals surface area (Å²) in [6.45, 7) is 2.99. The van der Waals surface area contributed by atoms with Crippen LogP contribution >= 0.6 is 0 Å². The first-order valence-electron chi connectivity index (χ1n) is 1.85. The van der Waals surface area contributed by atoms with Gasteiger partial charge in [0.25, 0.3) is 0 Å². The minimum absolute atomic E-state index is 0. The van der Waals surface area contributed by atoms with Crippen molar-refractivity contribution in [3.63, 3.8) is 0 Å². The molecular weight excluding hydrogens is 87.0 g/mol. The molecule has 0 amide bonds. The zero-order chi connectivity index (χ0) is 4.12. The molecule has 0 saturated heterocycles. The van der Waals surface area contributed by atoms with E-state index >= 15 is 0 Å². The van der Waals surface area contributed by atoms with Gasteiger partial charge in [0, 0.05) is 6.54 Å². The van der Waals surface area contributed by atoms with Crippen molar-refractivity contribution < 1.29 is 31.0 Å². The molecule has 0 spiro atoms. The van der Waals surface area contributed by atoms with Gasteiger partial charge in [-0.05, 0) is 6.42 Å². The van der Waals surface area contributed by atoms with Crippen LogP contribution in [0.25, 0.3) is 0 Å². The zero-order valence-electron chi connectivity index (χ0n) is 5.49. The summed E-state index contributed by atoms with van der Waals surface area (Å²) in [7, 11) is 0. The molecule has 0 heterocycles. The Labute approximate surface area is 62.2 Å². The second-order valence-corrected chi connectivity index (χ2v) is 0.954. The second kappa shape index (κ2) is 9.33. The molecule has 0 unspecified atom stereocenters. The molecule has 3 heteroatoms. The number of hydrogen-bond donors (Lipinski definition) is 2. The Morgan fingerprint density at radius 1 is 1.83 bits per heavy atom. The van der Waals surface area contributed by atoms with E-state index in [1.807, 2.05) is 0 Å². The Balaban J connectivity index is -0.0000000800. The van der Waals surface area contributed by atoms with Gasteiger partial charge in [0.1, 0.15) is 0 Å². The summed E-state index contributed by atoms with van der Waals surface area (Å²) >= 11 is 0. The van der Waals surface area contributed by atoms with Crippen LogP contribution in [0, 0.1) is 0 Å². The number of nitrogens with one attached hydrogen (secondary N) is 1. The Kier molecular flexibility index (Phi) is 15.6. The summed E-state index contributed by atoms with van der Waals surface area (Å²) in [5.41, 5.74) is 2.52. The topological polar surface area (TPSA) is 38.0 Å². The minimum atomic E-state index is 0. The van der Waals surface area contributed by atoms with E-state index in [9.17, 15) is 0 Å². The molecular formula is C3H11N2Na. The normalized spacial score (nSPS) is 7.00. The quantitative estimate of drug-likeness (QED) is 0.219. The number of rotatable bonds is 2. The Morgan fingerprint density at radius 2 is 2.33 bits per heavy atom. The number of hydrazine groups is 1. The van der Waals surface area contributed by atoms with Crippen molar-refractivity contribution in [2.24, 2.45) is 5.84 Å². The minimum Gasteiger partial charge on any atom is -1.00 e. The van der Waals surface area contributed by atoms with Crippen LogP contribution in [0.5, 0.6) is 0 Å². The van der Waals surface area contributed by atoms with Crippen LogP contribution in [-0.2, 0) is 0 Å². The van der Waals surface area contributed by atoms with E-state index < -0.39 is 0 Å². The molecule has 0 saturated carbocycles. The molecule has 2 nitrogen and oxygen atoms in total. The molecule has 0 bridgehead atoms. The number of hydrogen-bond acceptors (Lipinski definition) is 2. The van der Waals surface area contributed by atoms with Crippen molar-refractivity contribution in [3.8, 4) is 0 Å². The van der Waals surface area contributed by atoms with Gasteiger partial charge in [-0.3, -0.25) is 11.3 Å². The molecule has 0 atom stereocenters. The molecule has 34 valence electrons. The largest absolute Gasteiger partial charge is 1.00 e. The van der Waals surface area contributed by atoms with Gasteiger partial charge in [0.05, 0.1) is 0 Å². The van der Waals surface area contributed by atoms with Crippen LogP contribution in [0.2, 0.25) is 0 Å². The molecule has 3 N–H and O–H groups in total.